The van der Waals surface area contributed by atoms with Crippen LogP contribution in [-0.4, -0.2) is 13.1 Å². The van der Waals surface area contributed by atoms with Gasteiger partial charge in [0.1, 0.15) is 0 Å². The van der Waals surface area contributed by atoms with Crippen LogP contribution in [0.5, 0.6) is 0 Å². The highest BCUT2D eigenvalue weighted by Gasteiger charge is 2.26. The van der Waals surface area contributed by atoms with E-state index in [4.69, 9.17) is 0 Å². The highest BCUT2D eigenvalue weighted by molar-refractivity contribution is 5.48. The second-order valence-electron chi connectivity index (χ2n) is 5.52. The predicted octanol–water partition coefficient (Wildman–Crippen LogP) is 3.62. The number of hydrogen-bond donors (Lipinski definition) is 0. The average molecular weight is 203 g/mol. The molecule has 1 aromatic carbocycles. The largest absolute Gasteiger partial charge is 0.371 e. The first-order valence-electron chi connectivity index (χ1n) is 5.88. The van der Waals surface area contributed by atoms with Crippen LogP contribution in [0.15, 0.2) is 24.3 Å². The fourth-order valence-corrected chi connectivity index (χ4v) is 2.40. The van der Waals surface area contributed by atoms with Gasteiger partial charge in [0.05, 0.1) is 0 Å². The molecule has 1 nitrogen and oxygen atoms in total. The third-order valence-corrected chi connectivity index (χ3v) is 3.30. The van der Waals surface area contributed by atoms with E-state index in [0.29, 0.717) is 5.41 Å². The SMILES string of the molecule is Cc1ccc(N2CCCC(C)(C)C2)cc1. The molecule has 0 radical (unpaired) electrons. The van der Waals surface area contributed by atoms with Crippen molar-refractivity contribution in [3.8, 4) is 0 Å². The van der Waals surface area contributed by atoms with Gasteiger partial charge in [0, 0.05) is 18.8 Å². The van der Waals surface area contributed by atoms with Gasteiger partial charge in [0.2, 0.25) is 0 Å². The Morgan fingerprint density at radius 2 is 1.80 bits per heavy atom. The summed E-state index contributed by atoms with van der Waals surface area (Å²) in [6.07, 6.45) is 2.68. The Balaban J connectivity index is 2.13. The molecule has 2 rings (SSSR count). The maximum Gasteiger partial charge on any atom is 0.0366 e. The van der Waals surface area contributed by atoms with E-state index in [9.17, 15) is 0 Å². The average Bonchev–Trinajstić information content (AvgIpc) is 2.17. The van der Waals surface area contributed by atoms with Crippen molar-refractivity contribution in [2.24, 2.45) is 5.41 Å². The van der Waals surface area contributed by atoms with E-state index in [-0.39, 0.29) is 0 Å². The lowest BCUT2D eigenvalue weighted by atomic mass is 9.84. The lowest BCUT2D eigenvalue weighted by Crippen LogP contribution is -2.40. The normalized spacial score (nSPS) is 20.3. The summed E-state index contributed by atoms with van der Waals surface area (Å²) in [6.45, 7) is 9.28. The maximum absolute atomic E-state index is 2.52. The molecular formula is C14H21N. The Kier molecular flexibility index (Phi) is 2.72. The first kappa shape index (κ1) is 10.5. The monoisotopic (exact) mass is 203 g/mol. The molecule has 82 valence electrons. The van der Waals surface area contributed by atoms with Crippen molar-refractivity contribution in [3.63, 3.8) is 0 Å². The molecule has 1 aliphatic heterocycles. The number of piperidine rings is 1. The molecule has 0 aliphatic carbocycles. The Labute approximate surface area is 93.1 Å². The Bertz CT molecular complexity index is 324. The minimum atomic E-state index is 0.475. The summed E-state index contributed by atoms with van der Waals surface area (Å²) >= 11 is 0. The fraction of sp³-hybridized carbons (Fsp3) is 0.571. The highest BCUT2D eigenvalue weighted by Crippen LogP contribution is 2.31. The van der Waals surface area contributed by atoms with Gasteiger partial charge in [-0.25, -0.2) is 0 Å². The molecule has 0 atom stereocenters. The number of benzene rings is 1. The van der Waals surface area contributed by atoms with Crippen LogP contribution < -0.4 is 4.90 Å². The first-order valence-corrected chi connectivity index (χ1v) is 5.88. The summed E-state index contributed by atoms with van der Waals surface area (Å²) in [4.78, 5) is 2.52. The van der Waals surface area contributed by atoms with Crippen LogP contribution in [0.4, 0.5) is 5.69 Å². The molecule has 0 N–H and O–H groups in total. The number of nitrogens with zero attached hydrogens (tertiary/aromatic N) is 1. The van der Waals surface area contributed by atoms with Gasteiger partial charge in [-0.3, -0.25) is 0 Å². The third kappa shape index (κ3) is 2.53. The van der Waals surface area contributed by atoms with E-state index in [1.165, 1.54) is 37.2 Å². The lowest BCUT2D eigenvalue weighted by Gasteiger charge is -2.39. The van der Waals surface area contributed by atoms with Gasteiger partial charge in [0.25, 0.3) is 0 Å². The van der Waals surface area contributed by atoms with Gasteiger partial charge >= 0.3 is 0 Å². The zero-order chi connectivity index (χ0) is 10.9. The molecule has 0 bridgehead atoms. The summed E-state index contributed by atoms with van der Waals surface area (Å²) in [5.41, 5.74) is 3.20. The van der Waals surface area contributed by atoms with Crippen LogP contribution in [0.3, 0.4) is 0 Å². The first-order chi connectivity index (χ1) is 7.07. The second kappa shape index (κ2) is 3.88. The predicted molar refractivity (Wildman–Crippen MR) is 66.4 cm³/mol. The van der Waals surface area contributed by atoms with E-state index in [1.807, 2.05) is 0 Å². The minimum Gasteiger partial charge on any atom is -0.371 e. The highest BCUT2D eigenvalue weighted by atomic mass is 15.1. The van der Waals surface area contributed by atoms with Gasteiger partial charge in [-0.15, -0.1) is 0 Å². The van der Waals surface area contributed by atoms with Crippen molar-refractivity contribution in [1.82, 2.24) is 0 Å². The minimum absolute atomic E-state index is 0.475. The molecule has 0 amide bonds. The summed E-state index contributed by atoms with van der Waals surface area (Å²) < 4.78 is 0. The molecule has 1 heteroatoms. The fourth-order valence-electron chi connectivity index (χ4n) is 2.40. The van der Waals surface area contributed by atoms with Gasteiger partial charge in [-0.05, 0) is 37.3 Å². The van der Waals surface area contributed by atoms with Crippen LogP contribution >= 0.6 is 0 Å². The molecule has 0 saturated carbocycles. The van der Waals surface area contributed by atoms with Crippen LogP contribution in [0.25, 0.3) is 0 Å². The molecular weight excluding hydrogens is 182 g/mol. The molecule has 1 heterocycles. The van der Waals surface area contributed by atoms with E-state index in [1.54, 1.807) is 0 Å². The summed E-state index contributed by atoms with van der Waals surface area (Å²) in [7, 11) is 0. The van der Waals surface area contributed by atoms with E-state index in [0.717, 1.165) is 0 Å². The molecule has 0 aromatic heterocycles. The maximum atomic E-state index is 2.52. The zero-order valence-electron chi connectivity index (χ0n) is 10.1. The van der Waals surface area contributed by atoms with E-state index >= 15 is 0 Å². The van der Waals surface area contributed by atoms with Gasteiger partial charge in [-0.2, -0.15) is 0 Å². The van der Waals surface area contributed by atoms with Gasteiger partial charge in [0.15, 0.2) is 0 Å². The molecule has 1 fully saturated rings. The van der Waals surface area contributed by atoms with Gasteiger partial charge in [-0.1, -0.05) is 31.5 Å². The Hall–Kier alpha value is -0.980. The number of hydrogen-bond acceptors (Lipinski definition) is 1. The lowest BCUT2D eigenvalue weighted by molar-refractivity contribution is 0.293. The molecule has 0 unspecified atom stereocenters. The number of aryl methyl sites for hydroxylation is 1. The van der Waals surface area contributed by atoms with Crippen molar-refractivity contribution in [3.05, 3.63) is 29.8 Å². The van der Waals surface area contributed by atoms with Crippen LogP contribution in [-0.2, 0) is 0 Å². The smallest absolute Gasteiger partial charge is 0.0366 e. The van der Waals surface area contributed by atoms with E-state index in [2.05, 4.69) is 49.9 Å². The Morgan fingerprint density at radius 1 is 1.13 bits per heavy atom. The number of anilines is 1. The molecule has 15 heavy (non-hydrogen) atoms. The zero-order valence-corrected chi connectivity index (χ0v) is 10.1. The van der Waals surface area contributed by atoms with Crippen LogP contribution in [0.2, 0.25) is 0 Å². The molecule has 0 spiro atoms. The van der Waals surface area contributed by atoms with Crippen molar-refractivity contribution < 1.29 is 0 Å². The van der Waals surface area contributed by atoms with Crippen LogP contribution in [0.1, 0.15) is 32.3 Å². The van der Waals surface area contributed by atoms with Gasteiger partial charge < -0.3 is 4.90 Å². The standard InChI is InChI=1S/C14H21N/c1-12-5-7-13(8-6-12)15-10-4-9-14(2,3)11-15/h5-8H,4,9-11H2,1-3H3. The van der Waals surface area contributed by atoms with Crippen molar-refractivity contribution in [1.29, 1.82) is 0 Å². The van der Waals surface area contributed by atoms with Crippen molar-refractivity contribution in [2.45, 2.75) is 33.6 Å². The second-order valence-corrected chi connectivity index (χ2v) is 5.52. The quantitative estimate of drug-likeness (QED) is 0.674. The van der Waals surface area contributed by atoms with Crippen molar-refractivity contribution in [2.75, 3.05) is 18.0 Å². The van der Waals surface area contributed by atoms with Crippen molar-refractivity contribution >= 4 is 5.69 Å². The number of rotatable bonds is 1. The summed E-state index contributed by atoms with van der Waals surface area (Å²) in [5.74, 6) is 0. The van der Waals surface area contributed by atoms with Crippen LogP contribution in [0, 0.1) is 12.3 Å². The topological polar surface area (TPSA) is 3.24 Å². The molecule has 1 aromatic rings. The summed E-state index contributed by atoms with van der Waals surface area (Å²) in [6, 6.07) is 8.90. The molecule has 1 aliphatic rings. The third-order valence-electron chi connectivity index (χ3n) is 3.30. The Morgan fingerprint density at radius 3 is 2.40 bits per heavy atom. The molecule has 1 saturated heterocycles. The van der Waals surface area contributed by atoms with E-state index < -0.39 is 0 Å². The summed E-state index contributed by atoms with van der Waals surface area (Å²) in [5, 5.41) is 0.